The average molecular weight is 284 g/mol. The van der Waals surface area contributed by atoms with Crippen LogP contribution >= 0.6 is 0 Å². The molecule has 0 bridgehead atoms. The Morgan fingerprint density at radius 3 is 2.85 bits per heavy atom. The minimum Gasteiger partial charge on any atom is -0.480 e. The Balaban J connectivity index is 1.86. The second-order valence-corrected chi connectivity index (χ2v) is 6.30. The third kappa shape index (κ3) is 4.17. The van der Waals surface area contributed by atoms with Crippen molar-refractivity contribution in [3.8, 4) is 0 Å². The van der Waals surface area contributed by atoms with E-state index in [4.69, 9.17) is 4.74 Å². The molecular weight excluding hydrogens is 256 g/mol. The lowest BCUT2D eigenvalue weighted by atomic mass is 9.90. The number of carboxylic acids is 1. The zero-order chi connectivity index (χ0) is 14.5. The van der Waals surface area contributed by atoms with Crippen molar-refractivity contribution in [3.05, 3.63) is 0 Å². The van der Waals surface area contributed by atoms with Gasteiger partial charge in [-0.3, -0.25) is 9.69 Å². The number of nitrogens with one attached hydrogen (secondary N) is 1. The Morgan fingerprint density at radius 1 is 1.40 bits per heavy atom. The Hall–Kier alpha value is -0.650. The minimum absolute atomic E-state index is 0.197. The van der Waals surface area contributed by atoms with Crippen LogP contribution in [0.4, 0.5) is 0 Å². The van der Waals surface area contributed by atoms with Gasteiger partial charge < -0.3 is 15.2 Å². The summed E-state index contributed by atoms with van der Waals surface area (Å²) in [5.41, 5.74) is 0. The van der Waals surface area contributed by atoms with Crippen LogP contribution in [0.5, 0.6) is 0 Å². The van der Waals surface area contributed by atoms with E-state index < -0.39 is 12.0 Å². The fourth-order valence-electron chi connectivity index (χ4n) is 3.43. The van der Waals surface area contributed by atoms with E-state index in [1.165, 1.54) is 19.3 Å². The number of fused-ring (bicyclic) bond motifs is 1. The first-order chi connectivity index (χ1) is 9.58. The van der Waals surface area contributed by atoms with Crippen LogP contribution in [0, 0.1) is 0 Å². The number of rotatable bonds is 6. The molecule has 1 aliphatic carbocycles. The molecule has 1 heterocycles. The Bertz CT molecular complexity index is 320. The second kappa shape index (κ2) is 7.38. The van der Waals surface area contributed by atoms with Crippen LogP contribution in [-0.4, -0.2) is 59.9 Å². The standard InChI is InChI=1S/C15H28N2O3/c1-11(2)16-12(15(18)19)7-8-17-9-10-20-14-6-4-3-5-13(14)17/h11-14,16H,3-10H2,1-2H3,(H,18,19). The van der Waals surface area contributed by atoms with Gasteiger partial charge >= 0.3 is 5.97 Å². The first-order valence-electron chi connectivity index (χ1n) is 7.92. The average Bonchev–Trinajstić information content (AvgIpc) is 2.42. The number of carbonyl (C=O) groups is 1. The van der Waals surface area contributed by atoms with E-state index in [2.05, 4.69) is 10.2 Å². The van der Waals surface area contributed by atoms with Crippen LogP contribution < -0.4 is 5.32 Å². The highest BCUT2D eigenvalue weighted by Crippen LogP contribution is 2.28. The van der Waals surface area contributed by atoms with Crippen molar-refractivity contribution in [3.63, 3.8) is 0 Å². The van der Waals surface area contributed by atoms with Gasteiger partial charge in [0, 0.05) is 25.2 Å². The molecule has 0 aromatic carbocycles. The van der Waals surface area contributed by atoms with Gasteiger partial charge in [-0.2, -0.15) is 0 Å². The maximum absolute atomic E-state index is 11.3. The summed E-state index contributed by atoms with van der Waals surface area (Å²) in [6, 6.07) is 0.258. The molecule has 0 radical (unpaired) electrons. The molecule has 3 unspecified atom stereocenters. The fourth-order valence-corrected chi connectivity index (χ4v) is 3.43. The summed E-state index contributed by atoms with van der Waals surface area (Å²) in [6.45, 7) is 6.55. The first-order valence-corrected chi connectivity index (χ1v) is 7.92. The molecule has 2 aliphatic rings. The van der Waals surface area contributed by atoms with E-state index in [0.717, 1.165) is 26.1 Å². The van der Waals surface area contributed by atoms with E-state index in [0.29, 0.717) is 18.6 Å². The van der Waals surface area contributed by atoms with E-state index >= 15 is 0 Å². The summed E-state index contributed by atoms with van der Waals surface area (Å²) in [7, 11) is 0. The molecule has 2 rings (SSSR count). The molecule has 2 N–H and O–H groups in total. The highest BCUT2D eigenvalue weighted by molar-refractivity contribution is 5.73. The molecule has 0 amide bonds. The molecule has 1 saturated heterocycles. The van der Waals surface area contributed by atoms with Gasteiger partial charge in [-0.05, 0) is 19.3 Å². The lowest BCUT2D eigenvalue weighted by Gasteiger charge is -2.44. The predicted octanol–water partition coefficient (Wildman–Crippen LogP) is 1.47. The van der Waals surface area contributed by atoms with E-state index in [-0.39, 0.29) is 6.04 Å². The molecule has 116 valence electrons. The van der Waals surface area contributed by atoms with Gasteiger partial charge in [0.05, 0.1) is 12.7 Å². The monoisotopic (exact) mass is 284 g/mol. The molecule has 1 aliphatic heterocycles. The zero-order valence-corrected chi connectivity index (χ0v) is 12.7. The molecular formula is C15H28N2O3. The van der Waals surface area contributed by atoms with Crippen molar-refractivity contribution in [2.45, 2.75) is 70.2 Å². The summed E-state index contributed by atoms with van der Waals surface area (Å²) >= 11 is 0. The van der Waals surface area contributed by atoms with Gasteiger partial charge in [-0.25, -0.2) is 0 Å². The topological polar surface area (TPSA) is 61.8 Å². The van der Waals surface area contributed by atoms with E-state index in [1.54, 1.807) is 0 Å². The van der Waals surface area contributed by atoms with Crippen molar-refractivity contribution in [1.82, 2.24) is 10.2 Å². The van der Waals surface area contributed by atoms with Crippen LogP contribution in [0.15, 0.2) is 0 Å². The SMILES string of the molecule is CC(C)NC(CCN1CCOC2CCCCC21)C(=O)O. The van der Waals surface area contributed by atoms with Gasteiger partial charge in [0.15, 0.2) is 0 Å². The number of aliphatic carboxylic acids is 1. The van der Waals surface area contributed by atoms with Gasteiger partial charge in [-0.1, -0.05) is 26.7 Å². The molecule has 5 nitrogen and oxygen atoms in total. The van der Waals surface area contributed by atoms with Crippen LogP contribution in [0.2, 0.25) is 0 Å². The lowest BCUT2D eigenvalue weighted by Crippen LogP contribution is -2.54. The van der Waals surface area contributed by atoms with Gasteiger partial charge in [0.25, 0.3) is 0 Å². The van der Waals surface area contributed by atoms with Crippen molar-refractivity contribution in [2.24, 2.45) is 0 Å². The maximum atomic E-state index is 11.3. The first kappa shape index (κ1) is 15.7. The van der Waals surface area contributed by atoms with Crippen LogP contribution in [-0.2, 0) is 9.53 Å². The van der Waals surface area contributed by atoms with E-state index in [9.17, 15) is 9.90 Å². The molecule has 0 aromatic heterocycles. The third-order valence-electron chi connectivity index (χ3n) is 4.38. The van der Waals surface area contributed by atoms with Crippen molar-refractivity contribution in [2.75, 3.05) is 19.7 Å². The van der Waals surface area contributed by atoms with Crippen LogP contribution in [0.25, 0.3) is 0 Å². The minimum atomic E-state index is -0.743. The molecule has 3 atom stereocenters. The quantitative estimate of drug-likeness (QED) is 0.773. The summed E-state index contributed by atoms with van der Waals surface area (Å²) in [4.78, 5) is 13.7. The third-order valence-corrected chi connectivity index (χ3v) is 4.38. The van der Waals surface area contributed by atoms with Crippen molar-refractivity contribution in [1.29, 1.82) is 0 Å². The lowest BCUT2D eigenvalue weighted by molar-refractivity contribution is -0.140. The van der Waals surface area contributed by atoms with Gasteiger partial charge in [0.1, 0.15) is 6.04 Å². The fraction of sp³-hybridized carbons (Fsp3) is 0.933. The molecule has 5 heteroatoms. The number of hydrogen-bond donors (Lipinski definition) is 2. The molecule has 0 aromatic rings. The summed E-state index contributed by atoms with van der Waals surface area (Å²) in [5.74, 6) is -0.743. The van der Waals surface area contributed by atoms with Crippen LogP contribution in [0.1, 0.15) is 46.0 Å². The molecule has 0 spiro atoms. The van der Waals surface area contributed by atoms with Crippen molar-refractivity contribution >= 4 is 5.97 Å². The Morgan fingerprint density at radius 2 is 2.15 bits per heavy atom. The molecule has 20 heavy (non-hydrogen) atoms. The van der Waals surface area contributed by atoms with E-state index in [1.807, 2.05) is 13.8 Å². The highest BCUT2D eigenvalue weighted by Gasteiger charge is 2.34. The van der Waals surface area contributed by atoms with Crippen molar-refractivity contribution < 1.29 is 14.6 Å². The van der Waals surface area contributed by atoms with Gasteiger partial charge in [0.2, 0.25) is 0 Å². The molecule has 2 fully saturated rings. The van der Waals surface area contributed by atoms with Crippen LogP contribution in [0.3, 0.4) is 0 Å². The molecule has 1 saturated carbocycles. The number of hydrogen-bond acceptors (Lipinski definition) is 4. The number of carboxylic acid groups (broad SMARTS) is 1. The second-order valence-electron chi connectivity index (χ2n) is 6.30. The predicted molar refractivity (Wildman–Crippen MR) is 77.9 cm³/mol. The number of nitrogens with zero attached hydrogens (tertiary/aromatic N) is 1. The largest absolute Gasteiger partial charge is 0.480 e. The Labute approximate surface area is 121 Å². The number of ether oxygens (including phenoxy) is 1. The number of morpholine rings is 1. The summed E-state index contributed by atoms with van der Waals surface area (Å²) in [6.07, 6.45) is 5.93. The highest BCUT2D eigenvalue weighted by atomic mass is 16.5. The normalized spacial score (nSPS) is 29.1. The van der Waals surface area contributed by atoms with Gasteiger partial charge in [-0.15, -0.1) is 0 Å². The maximum Gasteiger partial charge on any atom is 0.320 e. The summed E-state index contributed by atoms with van der Waals surface area (Å²) in [5, 5.41) is 12.4. The smallest absolute Gasteiger partial charge is 0.320 e. The Kier molecular flexibility index (Phi) is 5.81. The summed E-state index contributed by atoms with van der Waals surface area (Å²) < 4.78 is 5.86. The zero-order valence-electron chi connectivity index (χ0n) is 12.7.